The Balaban J connectivity index is 1.92. The van der Waals surface area contributed by atoms with Crippen LogP contribution in [0.25, 0.3) is 0 Å². The van der Waals surface area contributed by atoms with Crippen molar-refractivity contribution in [2.24, 2.45) is 0 Å². The van der Waals surface area contributed by atoms with Crippen LogP contribution in [-0.4, -0.2) is 29.7 Å². The third-order valence-electron chi connectivity index (χ3n) is 2.53. The van der Waals surface area contributed by atoms with Gasteiger partial charge in [-0.1, -0.05) is 0 Å². The van der Waals surface area contributed by atoms with Crippen molar-refractivity contribution in [2.75, 3.05) is 6.61 Å². The van der Waals surface area contributed by atoms with Crippen molar-refractivity contribution in [3.05, 3.63) is 39.9 Å². The number of esters is 1. The molecule has 6 heteroatoms. The second-order valence-corrected chi connectivity index (χ2v) is 3.78. The van der Waals surface area contributed by atoms with E-state index in [0.717, 1.165) is 0 Å². The van der Waals surface area contributed by atoms with Crippen molar-refractivity contribution < 1.29 is 19.2 Å². The topological polar surface area (TPSA) is 82.0 Å². The lowest BCUT2D eigenvalue weighted by Gasteiger charge is -2.02. The van der Waals surface area contributed by atoms with Gasteiger partial charge in [-0.2, -0.15) is 0 Å². The minimum Gasteiger partial charge on any atom is -0.459 e. The van der Waals surface area contributed by atoms with Gasteiger partial charge in [-0.3, -0.25) is 10.1 Å². The summed E-state index contributed by atoms with van der Waals surface area (Å²) in [6, 6.07) is 5.29. The van der Waals surface area contributed by atoms with Crippen molar-refractivity contribution in [3.8, 4) is 0 Å². The van der Waals surface area contributed by atoms with Gasteiger partial charge in [0.05, 0.1) is 16.6 Å². The van der Waals surface area contributed by atoms with E-state index in [9.17, 15) is 14.9 Å². The molecule has 1 aliphatic rings. The van der Waals surface area contributed by atoms with Crippen molar-refractivity contribution in [1.82, 2.24) is 0 Å². The molecular formula is C11H11NO5. The van der Waals surface area contributed by atoms with E-state index in [1.165, 1.54) is 24.3 Å². The number of hydrogen-bond donors (Lipinski definition) is 0. The van der Waals surface area contributed by atoms with Crippen LogP contribution in [-0.2, 0) is 9.47 Å². The van der Waals surface area contributed by atoms with Gasteiger partial charge in [0.1, 0.15) is 12.7 Å². The van der Waals surface area contributed by atoms with E-state index in [4.69, 9.17) is 9.47 Å². The number of epoxide rings is 1. The number of nitro groups is 1. The van der Waals surface area contributed by atoms with Gasteiger partial charge >= 0.3 is 5.97 Å². The van der Waals surface area contributed by atoms with Gasteiger partial charge in [-0.15, -0.1) is 0 Å². The second-order valence-electron chi connectivity index (χ2n) is 3.78. The van der Waals surface area contributed by atoms with Crippen molar-refractivity contribution in [1.29, 1.82) is 0 Å². The Kier molecular flexibility index (Phi) is 3.06. The zero-order valence-electron chi connectivity index (χ0n) is 9.16. The van der Waals surface area contributed by atoms with Crippen LogP contribution in [0.2, 0.25) is 0 Å². The summed E-state index contributed by atoms with van der Waals surface area (Å²) in [4.78, 5) is 21.4. The monoisotopic (exact) mass is 237 g/mol. The van der Waals surface area contributed by atoms with Crippen molar-refractivity contribution >= 4 is 11.7 Å². The second kappa shape index (κ2) is 4.50. The first-order chi connectivity index (χ1) is 8.08. The molecule has 1 fully saturated rings. The lowest BCUT2D eigenvalue weighted by atomic mass is 10.2. The van der Waals surface area contributed by atoms with Gasteiger partial charge < -0.3 is 9.47 Å². The quantitative estimate of drug-likeness (QED) is 0.343. The molecule has 1 aromatic carbocycles. The van der Waals surface area contributed by atoms with E-state index in [-0.39, 0.29) is 24.5 Å². The fourth-order valence-corrected chi connectivity index (χ4v) is 1.37. The lowest BCUT2D eigenvalue weighted by molar-refractivity contribution is -0.384. The van der Waals surface area contributed by atoms with Crippen LogP contribution in [0, 0.1) is 10.1 Å². The highest BCUT2D eigenvalue weighted by Gasteiger charge is 2.35. The smallest absolute Gasteiger partial charge is 0.338 e. The maximum Gasteiger partial charge on any atom is 0.338 e. The number of ether oxygens (including phenoxy) is 2. The first kappa shape index (κ1) is 11.5. The van der Waals surface area contributed by atoms with Crippen molar-refractivity contribution in [3.63, 3.8) is 0 Å². The molecule has 0 spiro atoms. The number of rotatable bonds is 4. The molecule has 6 nitrogen and oxygen atoms in total. The summed E-state index contributed by atoms with van der Waals surface area (Å²) in [6.07, 6.45) is 0.122. The Morgan fingerprint density at radius 3 is 2.53 bits per heavy atom. The predicted octanol–water partition coefficient (Wildman–Crippen LogP) is 1.54. The highest BCUT2D eigenvalue weighted by molar-refractivity contribution is 5.89. The minimum absolute atomic E-state index is 0.0167. The van der Waals surface area contributed by atoms with Gasteiger partial charge in [0.25, 0.3) is 5.69 Å². The predicted molar refractivity (Wildman–Crippen MR) is 57.7 cm³/mol. The number of non-ortho nitro benzene ring substituents is 1. The molecule has 0 saturated carbocycles. The molecule has 0 aliphatic carbocycles. The van der Waals surface area contributed by atoms with Gasteiger partial charge in [0.15, 0.2) is 0 Å². The Bertz CT molecular complexity index is 442. The van der Waals surface area contributed by atoms with Crippen LogP contribution in [0.4, 0.5) is 5.69 Å². The number of carbonyl (C=O) groups excluding carboxylic acids is 1. The normalized spacial score (nSPS) is 21.9. The van der Waals surface area contributed by atoms with Crippen LogP contribution in [0.5, 0.6) is 0 Å². The first-order valence-electron chi connectivity index (χ1n) is 5.15. The highest BCUT2D eigenvalue weighted by atomic mass is 16.6. The fraction of sp³-hybridized carbons (Fsp3) is 0.364. The number of nitrogens with zero attached hydrogens (tertiary/aromatic N) is 1. The molecule has 1 saturated heterocycles. The van der Waals surface area contributed by atoms with E-state index in [0.29, 0.717) is 5.56 Å². The summed E-state index contributed by atoms with van der Waals surface area (Å²) in [5, 5.41) is 10.4. The van der Waals surface area contributed by atoms with Gasteiger partial charge in [0.2, 0.25) is 0 Å². The third kappa shape index (κ3) is 2.79. The number of hydrogen-bond acceptors (Lipinski definition) is 5. The Labute approximate surface area is 97.3 Å². The number of benzene rings is 1. The average molecular weight is 237 g/mol. The molecule has 2 atom stereocenters. The Morgan fingerprint density at radius 2 is 2.06 bits per heavy atom. The molecule has 0 N–H and O–H groups in total. The summed E-state index contributed by atoms with van der Waals surface area (Å²) in [6.45, 7) is 2.11. The van der Waals surface area contributed by atoms with E-state index in [1.807, 2.05) is 6.92 Å². The summed E-state index contributed by atoms with van der Waals surface area (Å²) in [5.74, 6) is -0.498. The van der Waals surface area contributed by atoms with Gasteiger partial charge in [0, 0.05) is 12.1 Å². The van der Waals surface area contributed by atoms with E-state index >= 15 is 0 Å². The molecular weight excluding hydrogens is 226 g/mol. The molecule has 2 rings (SSSR count). The van der Waals surface area contributed by atoms with Crippen LogP contribution in [0.15, 0.2) is 24.3 Å². The highest BCUT2D eigenvalue weighted by Crippen LogP contribution is 2.21. The van der Waals surface area contributed by atoms with E-state index in [1.54, 1.807) is 0 Å². The summed E-state index contributed by atoms with van der Waals surface area (Å²) >= 11 is 0. The molecule has 1 heterocycles. The number of carbonyl (C=O) groups is 1. The van der Waals surface area contributed by atoms with E-state index in [2.05, 4.69) is 0 Å². The van der Waals surface area contributed by atoms with Gasteiger partial charge in [-0.25, -0.2) is 4.79 Å². The average Bonchev–Trinajstić information content (AvgIpc) is 3.02. The molecule has 90 valence electrons. The SMILES string of the molecule is C[C@H]1O[C@@H]1COC(=O)c1ccc([N+](=O)[O-])cc1. The minimum atomic E-state index is -0.519. The molecule has 17 heavy (non-hydrogen) atoms. The molecule has 0 bridgehead atoms. The maximum atomic E-state index is 11.5. The van der Waals surface area contributed by atoms with Crippen LogP contribution in [0.3, 0.4) is 0 Å². The largest absolute Gasteiger partial charge is 0.459 e. The molecule has 0 aromatic heterocycles. The molecule has 1 aromatic rings. The van der Waals surface area contributed by atoms with Crippen LogP contribution in [0.1, 0.15) is 17.3 Å². The number of nitro benzene ring substituents is 1. The molecule has 0 unspecified atom stereocenters. The lowest BCUT2D eigenvalue weighted by Crippen LogP contribution is -2.11. The molecule has 0 amide bonds. The van der Waals surface area contributed by atoms with Gasteiger partial charge in [-0.05, 0) is 19.1 Å². The third-order valence-corrected chi connectivity index (χ3v) is 2.53. The molecule has 0 radical (unpaired) electrons. The Hall–Kier alpha value is -1.95. The molecule has 1 aliphatic heterocycles. The van der Waals surface area contributed by atoms with E-state index < -0.39 is 10.9 Å². The first-order valence-corrected chi connectivity index (χ1v) is 5.15. The Morgan fingerprint density at radius 1 is 1.47 bits per heavy atom. The summed E-state index contributed by atoms with van der Waals surface area (Å²) < 4.78 is 10.1. The van der Waals surface area contributed by atoms with Crippen LogP contribution < -0.4 is 0 Å². The summed E-state index contributed by atoms with van der Waals surface area (Å²) in [7, 11) is 0. The fourth-order valence-electron chi connectivity index (χ4n) is 1.37. The zero-order chi connectivity index (χ0) is 12.4. The standard InChI is InChI=1S/C11H11NO5/c1-7-10(17-7)6-16-11(13)8-2-4-9(5-3-8)12(14)15/h2-5,7,10H,6H2,1H3/t7-,10-/m1/s1. The van der Waals surface area contributed by atoms with Crippen LogP contribution >= 0.6 is 0 Å². The van der Waals surface area contributed by atoms with Crippen molar-refractivity contribution in [2.45, 2.75) is 19.1 Å². The summed E-state index contributed by atoms with van der Waals surface area (Å²) in [5.41, 5.74) is 0.240. The maximum absolute atomic E-state index is 11.5. The zero-order valence-corrected chi connectivity index (χ0v) is 9.16.